The highest BCUT2D eigenvalue weighted by atomic mass is 32.1. The lowest BCUT2D eigenvalue weighted by atomic mass is 10.1. The molecule has 76 valence electrons. The summed E-state index contributed by atoms with van der Waals surface area (Å²) in [5.41, 5.74) is 2.84. The predicted octanol–water partition coefficient (Wildman–Crippen LogP) is 2.87. The van der Waals surface area contributed by atoms with Crippen molar-refractivity contribution in [3.8, 4) is 0 Å². The van der Waals surface area contributed by atoms with Gasteiger partial charge >= 0.3 is 0 Å². The third kappa shape index (κ3) is 1.83. The summed E-state index contributed by atoms with van der Waals surface area (Å²) in [5.74, 6) is 0. The standard InChI is InChI=1S/C12H11NOS/c1-8-7-10(12(15)14-2)9-5-3-4-6-11(9)13-8/h3-7H,1-2H3. The molecule has 15 heavy (non-hydrogen) atoms. The van der Waals surface area contributed by atoms with Crippen molar-refractivity contribution in [2.75, 3.05) is 7.11 Å². The van der Waals surface area contributed by atoms with Crippen LogP contribution in [-0.2, 0) is 4.74 Å². The van der Waals surface area contributed by atoms with Gasteiger partial charge in [-0.25, -0.2) is 0 Å². The maximum absolute atomic E-state index is 5.16. The van der Waals surface area contributed by atoms with Crippen LogP contribution >= 0.6 is 12.2 Å². The molecule has 0 unspecified atom stereocenters. The van der Waals surface area contributed by atoms with E-state index in [2.05, 4.69) is 4.98 Å². The molecule has 1 aromatic heterocycles. The lowest BCUT2D eigenvalue weighted by Gasteiger charge is -2.07. The SMILES string of the molecule is COC(=S)c1cc(C)nc2ccccc12. The number of hydrogen-bond donors (Lipinski definition) is 0. The van der Waals surface area contributed by atoms with E-state index in [9.17, 15) is 0 Å². The maximum atomic E-state index is 5.16. The molecule has 0 aliphatic rings. The molecule has 1 heterocycles. The molecule has 0 N–H and O–H groups in total. The molecule has 0 aliphatic heterocycles. The second-order valence-corrected chi connectivity index (χ2v) is 3.69. The van der Waals surface area contributed by atoms with Crippen molar-refractivity contribution in [1.29, 1.82) is 0 Å². The number of fused-ring (bicyclic) bond motifs is 1. The van der Waals surface area contributed by atoms with E-state index in [0.717, 1.165) is 22.2 Å². The Labute approximate surface area is 93.9 Å². The van der Waals surface area contributed by atoms with Crippen molar-refractivity contribution < 1.29 is 4.74 Å². The summed E-state index contributed by atoms with van der Waals surface area (Å²) >= 11 is 5.16. The van der Waals surface area contributed by atoms with Crippen LogP contribution in [0.25, 0.3) is 10.9 Å². The van der Waals surface area contributed by atoms with Crippen LogP contribution in [0.5, 0.6) is 0 Å². The Morgan fingerprint density at radius 2 is 2.07 bits per heavy atom. The maximum Gasteiger partial charge on any atom is 0.191 e. The van der Waals surface area contributed by atoms with E-state index >= 15 is 0 Å². The van der Waals surface area contributed by atoms with Crippen molar-refractivity contribution in [2.45, 2.75) is 6.92 Å². The number of para-hydroxylation sites is 1. The van der Waals surface area contributed by atoms with Crippen LogP contribution in [-0.4, -0.2) is 17.1 Å². The molecule has 0 fully saturated rings. The molecule has 0 spiro atoms. The summed E-state index contributed by atoms with van der Waals surface area (Å²) in [5, 5.41) is 1.55. The normalized spacial score (nSPS) is 10.3. The van der Waals surface area contributed by atoms with Crippen LogP contribution in [0.1, 0.15) is 11.3 Å². The fourth-order valence-electron chi connectivity index (χ4n) is 1.59. The summed E-state index contributed by atoms with van der Waals surface area (Å²) in [6, 6.07) is 9.87. The number of thiocarbonyl (C=S) groups is 1. The average molecular weight is 217 g/mol. The number of methoxy groups -OCH3 is 1. The number of pyridine rings is 1. The molecule has 3 heteroatoms. The van der Waals surface area contributed by atoms with E-state index in [-0.39, 0.29) is 0 Å². The molecular weight excluding hydrogens is 206 g/mol. The fourth-order valence-corrected chi connectivity index (χ4v) is 1.76. The first-order valence-electron chi connectivity index (χ1n) is 4.67. The Balaban J connectivity index is 2.76. The summed E-state index contributed by atoms with van der Waals surface area (Å²) < 4.78 is 5.10. The van der Waals surface area contributed by atoms with Gasteiger partial charge in [0.25, 0.3) is 0 Å². The first kappa shape index (κ1) is 10.1. The molecule has 2 aromatic rings. The second kappa shape index (κ2) is 3.95. The monoisotopic (exact) mass is 217 g/mol. The Kier molecular flexibility index (Phi) is 2.64. The van der Waals surface area contributed by atoms with E-state index < -0.39 is 0 Å². The van der Waals surface area contributed by atoms with Crippen LogP contribution in [0.3, 0.4) is 0 Å². The minimum Gasteiger partial charge on any atom is -0.486 e. The Morgan fingerprint density at radius 1 is 1.33 bits per heavy atom. The van der Waals surface area contributed by atoms with Crippen molar-refractivity contribution in [3.05, 3.63) is 41.6 Å². The molecule has 0 bridgehead atoms. The van der Waals surface area contributed by atoms with Gasteiger partial charge in [0.1, 0.15) is 0 Å². The number of benzene rings is 1. The van der Waals surface area contributed by atoms with Gasteiger partial charge in [-0.3, -0.25) is 4.98 Å². The third-order valence-electron chi connectivity index (χ3n) is 2.25. The van der Waals surface area contributed by atoms with Crippen LogP contribution in [0.4, 0.5) is 0 Å². The van der Waals surface area contributed by atoms with Gasteiger partial charge in [0.05, 0.1) is 12.6 Å². The first-order chi connectivity index (χ1) is 7.22. The van der Waals surface area contributed by atoms with Crippen LogP contribution < -0.4 is 0 Å². The fraction of sp³-hybridized carbons (Fsp3) is 0.167. The van der Waals surface area contributed by atoms with E-state index in [1.54, 1.807) is 7.11 Å². The molecule has 0 amide bonds. The van der Waals surface area contributed by atoms with Gasteiger partial charge in [-0.15, -0.1) is 0 Å². The zero-order valence-electron chi connectivity index (χ0n) is 8.65. The van der Waals surface area contributed by atoms with Gasteiger partial charge in [-0.1, -0.05) is 18.2 Å². The van der Waals surface area contributed by atoms with E-state index in [1.807, 2.05) is 37.3 Å². The van der Waals surface area contributed by atoms with Crippen LogP contribution in [0.15, 0.2) is 30.3 Å². The van der Waals surface area contributed by atoms with Crippen molar-refractivity contribution in [1.82, 2.24) is 4.98 Å². The highest BCUT2D eigenvalue weighted by Crippen LogP contribution is 2.19. The molecule has 2 nitrogen and oxygen atoms in total. The Hall–Kier alpha value is -1.48. The lowest BCUT2D eigenvalue weighted by Crippen LogP contribution is -2.02. The summed E-state index contributed by atoms with van der Waals surface area (Å²) in [6.45, 7) is 1.95. The van der Waals surface area contributed by atoms with Crippen molar-refractivity contribution in [2.24, 2.45) is 0 Å². The van der Waals surface area contributed by atoms with E-state index in [0.29, 0.717) is 5.05 Å². The van der Waals surface area contributed by atoms with Gasteiger partial charge in [0.2, 0.25) is 0 Å². The Morgan fingerprint density at radius 3 is 2.80 bits per heavy atom. The van der Waals surface area contributed by atoms with Crippen LogP contribution in [0, 0.1) is 6.92 Å². The number of ether oxygens (including phenoxy) is 1. The largest absolute Gasteiger partial charge is 0.486 e. The third-order valence-corrected chi connectivity index (χ3v) is 2.64. The van der Waals surface area contributed by atoms with E-state index in [4.69, 9.17) is 17.0 Å². The summed E-state index contributed by atoms with van der Waals surface area (Å²) in [4.78, 5) is 4.44. The number of hydrogen-bond acceptors (Lipinski definition) is 3. The Bertz CT molecular complexity index is 522. The van der Waals surface area contributed by atoms with E-state index in [1.165, 1.54) is 0 Å². The summed E-state index contributed by atoms with van der Waals surface area (Å²) in [6.07, 6.45) is 0. The molecule has 0 saturated heterocycles. The molecule has 1 aromatic carbocycles. The zero-order valence-corrected chi connectivity index (χ0v) is 9.47. The summed E-state index contributed by atoms with van der Waals surface area (Å²) in [7, 11) is 1.59. The lowest BCUT2D eigenvalue weighted by molar-refractivity contribution is 0.416. The predicted molar refractivity (Wildman–Crippen MR) is 65.2 cm³/mol. The van der Waals surface area contributed by atoms with Crippen molar-refractivity contribution in [3.63, 3.8) is 0 Å². The smallest absolute Gasteiger partial charge is 0.191 e. The van der Waals surface area contributed by atoms with Gasteiger partial charge in [0, 0.05) is 16.6 Å². The van der Waals surface area contributed by atoms with Gasteiger partial charge < -0.3 is 4.74 Å². The van der Waals surface area contributed by atoms with Crippen LogP contribution in [0.2, 0.25) is 0 Å². The minimum absolute atomic E-state index is 0.511. The number of rotatable bonds is 1. The molecule has 2 rings (SSSR count). The quantitative estimate of drug-likeness (QED) is 0.686. The zero-order chi connectivity index (χ0) is 10.8. The highest BCUT2D eigenvalue weighted by Gasteiger charge is 2.07. The molecule has 0 radical (unpaired) electrons. The molecule has 0 atom stereocenters. The van der Waals surface area contributed by atoms with Gasteiger partial charge in [-0.05, 0) is 31.3 Å². The molecule has 0 aliphatic carbocycles. The number of aryl methyl sites for hydroxylation is 1. The first-order valence-corrected chi connectivity index (χ1v) is 5.08. The van der Waals surface area contributed by atoms with Crippen molar-refractivity contribution >= 4 is 28.2 Å². The molecule has 0 saturated carbocycles. The topological polar surface area (TPSA) is 22.1 Å². The second-order valence-electron chi connectivity index (χ2n) is 3.32. The number of aromatic nitrogens is 1. The molecular formula is C12H11NOS. The average Bonchev–Trinajstić information content (AvgIpc) is 2.26. The van der Waals surface area contributed by atoms with Gasteiger partial charge in [-0.2, -0.15) is 0 Å². The van der Waals surface area contributed by atoms with Gasteiger partial charge in [0.15, 0.2) is 5.05 Å². The number of nitrogens with zero attached hydrogens (tertiary/aromatic N) is 1. The minimum atomic E-state index is 0.511. The highest BCUT2D eigenvalue weighted by molar-refractivity contribution is 7.80.